The highest BCUT2D eigenvalue weighted by Gasteiger charge is 2.34. The summed E-state index contributed by atoms with van der Waals surface area (Å²) >= 11 is 0. The van der Waals surface area contributed by atoms with E-state index in [1.165, 1.54) is 0 Å². The van der Waals surface area contributed by atoms with Gasteiger partial charge in [0.25, 0.3) is 0 Å². The second-order valence-corrected chi connectivity index (χ2v) is 9.86. The summed E-state index contributed by atoms with van der Waals surface area (Å²) in [4.78, 5) is 4.63. The zero-order valence-electron chi connectivity index (χ0n) is 22.0. The first kappa shape index (κ1) is 26.8. The van der Waals surface area contributed by atoms with Crippen molar-refractivity contribution < 1.29 is 13.2 Å². The first-order valence-electron chi connectivity index (χ1n) is 13.0. The van der Waals surface area contributed by atoms with Crippen LogP contribution in [0.3, 0.4) is 0 Å². The van der Waals surface area contributed by atoms with Gasteiger partial charge in [0.2, 0.25) is 0 Å². The Kier molecular flexibility index (Phi) is 7.90. The number of aryl methyl sites for hydroxylation is 2. The third-order valence-corrected chi connectivity index (χ3v) is 7.19. The highest BCUT2D eigenvalue weighted by atomic mass is 19.4. The normalized spacial score (nSPS) is 16.1. The van der Waals surface area contributed by atoms with Gasteiger partial charge in [-0.15, -0.1) is 5.10 Å². The summed E-state index contributed by atoms with van der Waals surface area (Å²) in [6, 6.07) is 21.1. The van der Waals surface area contributed by atoms with Gasteiger partial charge in [-0.1, -0.05) is 72.8 Å². The number of tetrazole rings is 1. The number of rotatable bonds is 7. The van der Waals surface area contributed by atoms with Crippen LogP contribution in [0.15, 0.2) is 78.9 Å². The minimum atomic E-state index is -4.40. The van der Waals surface area contributed by atoms with Gasteiger partial charge in [0.1, 0.15) is 0 Å². The van der Waals surface area contributed by atoms with Crippen LogP contribution in [0, 0.1) is 13.8 Å². The summed E-state index contributed by atoms with van der Waals surface area (Å²) in [5, 5.41) is 12.7. The first-order chi connectivity index (χ1) is 18.8. The molecule has 0 N–H and O–H groups in total. The van der Waals surface area contributed by atoms with Crippen molar-refractivity contribution in [3.63, 3.8) is 0 Å². The van der Waals surface area contributed by atoms with Gasteiger partial charge in [0.15, 0.2) is 5.82 Å². The van der Waals surface area contributed by atoms with Crippen LogP contribution < -0.4 is 0 Å². The zero-order valence-corrected chi connectivity index (χ0v) is 22.0. The number of hydrogen-bond donors (Lipinski definition) is 0. The molecule has 1 aliphatic heterocycles. The average Bonchev–Trinajstić information content (AvgIpc) is 3.39. The van der Waals surface area contributed by atoms with E-state index < -0.39 is 17.8 Å². The third-order valence-electron chi connectivity index (χ3n) is 7.19. The Hall–Kier alpha value is -3.82. The molecular weight excluding hydrogens is 501 g/mol. The van der Waals surface area contributed by atoms with Crippen molar-refractivity contribution >= 4 is 6.08 Å². The number of para-hydroxylation sites is 1. The number of benzene rings is 3. The SMILES string of the molecule is Cc1cccc(C)c1-n1nnnc1[C@H](c1ccc(C(F)(F)F)cc1)N1CCN(CC=Cc2ccccc2)CC1. The first-order valence-corrected chi connectivity index (χ1v) is 13.0. The molecule has 9 heteroatoms. The van der Waals surface area contributed by atoms with E-state index in [1.807, 2.05) is 50.2 Å². The molecule has 0 bridgehead atoms. The molecule has 5 rings (SSSR count). The number of piperazine rings is 1. The molecule has 1 atom stereocenters. The number of halogens is 3. The molecule has 202 valence electrons. The van der Waals surface area contributed by atoms with E-state index >= 15 is 0 Å². The number of aromatic nitrogens is 4. The minimum Gasteiger partial charge on any atom is -0.297 e. The lowest BCUT2D eigenvalue weighted by Crippen LogP contribution is -2.48. The molecule has 0 amide bonds. The fourth-order valence-corrected chi connectivity index (χ4v) is 5.15. The average molecular weight is 533 g/mol. The Bertz CT molecular complexity index is 1380. The lowest BCUT2D eigenvalue weighted by atomic mass is 10.0. The summed E-state index contributed by atoms with van der Waals surface area (Å²) in [7, 11) is 0. The maximum atomic E-state index is 13.3. The second-order valence-electron chi connectivity index (χ2n) is 9.86. The number of hydrogen-bond acceptors (Lipinski definition) is 5. The molecule has 2 heterocycles. The molecule has 0 spiro atoms. The number of alkyl halides is 3. The summed E-state index contributed by atoms with van der Waals surface area (Å²) in [5.41, 5.74) is 4.14. The second kappa shape index (κ2) is 11.5. The number of nitrogens with zero attached hydrogens (tertiary/aromatic N) is 6. The Balaban J connectivity index is 1.42. The van der Waals surface area contributed by atoms with E-state index in [1.54, 1.807) is 16.8 Å². The monoisotopic (exact) mass is 532 g/mol. The minimum absolute atomic E-state index is 0.400. The Labute approximate surface area is 226 Å². The predicted molar refractivity (Wildman–Crippen MR) is 145 cm³/mol. The Morgan fingerprint density at radius 3 is 2.15 bits per heavy atom. The van der Waals surface area contributed by atoms with Crippen molar-refractivity contribution in [2.24, 2.45) is 0 Å². The van der Waals surface area contributed by atoms with Crippen LogP contribution >= 0.6 is 0 Å². The van der Waals surface area contributed by atoms with Gasteiger partial charge in [0.05, 0.1) is 17.3 Å². The molecule has 4 aromatic rings. The Morgan fingerprint density at radius 2 is 1.51 bits per heavy atom. The molecule has 1 aliphatic rings. The lowest BCUT2D eigenvalue weighted by Gasteiger charge is -2.38. The summed E-state index contributed by atoms with van der Waals surface area (Å²) < 4.78 is 41.7. The quantitative estimate of drug-likeness (QED) is 0.305. The van der Waals surface area contributed by atoms with Gasteiger partial charge in [-0.2, -0.15) is 17.9 Å². The maximum absolute atomic E-state index is 13.3. The predicted octanol–water partition coefficient (Wildman–Crippen LogP) is 5.72. The molecule has 0 aliphatic carbocycles. The van der Waals surface area contributed by atoms with Crippen molar-refractivity contribution in [3.05, 3.63) is 113 Å². The van der Waals surface area contributed by atoms with E-state index in [4.69, 9.17) is 0 Å². The van der Waals surface area contributed by atoms with E-state index in [0.717, 1.165) is 72.8 Å². The van der Waals surface area contributed by atoms with Crippen molar-refractivity contribution in [1.29, 1.82) is 0 Å². The fourth-order valence-electron chi connectivity index (χ4n) is 5.15. The highest BCUT2D eigenvalue weighted by Crippen LogP contribution is 2.34. The zero-order chi connectivity index (χ0) is 27.4. The summed E-state index contributed by atoms with van der Waals surface area (Å²) in [6.45, 7) is 7.93. The molecule has 6 nitrogen and oxygen atoms in total. The van der Waals surface area contributed by atoms with Crippen LogP contribution in [0.4, 0.5) is 13.2 Å². The topological polar surface area (TPSA) is 50.1 Å². The fraction of sp³-hybridized carbons (Fsp3) is 0.300. The summed E-state index contributed by atoms with van der Waals surface area (Å²) in [5.74, 6) is 0.588. The van der Waals surface area contributed by atoms with Crippen LogP contribution in [0.25, 0.3) is 11.8 Å². The van der Waals surface area contributed by atoms with E-state index in [9.17, 15) is 13.2 Å². The van der Waals surface area contributed by atoms with Gasteiger partial charge >= 0.3 is 6.18 Å². The van der Waals surface area contributed by atoms with E-state index in [-0.39, 0.29) is 0 Å². The Morgan fingerprint density at radius 1 is 0.846 bits per heavy atom. The molecular formula is C30H31F3N6. The molecule has 0 saturated carbocycles. The molecule has 1 aromatic heterocycles. The smallest absolute Gasteiger partial charge is 0.297 e. The molecule has 0 unspecified atom stereocenters. The van der Waals surface area contributed by atoms with Gasteiger partial charge in [0, 0.05) is 32.7 Å². The van der Waals surface area contributed by atoms with Gasteiger partial charge in [-0.25, -0.2) is 0 Å². The van der Waals surface area contributed by atoms with Gasteiger partial charge in [-0.3, -0.25) is 9.80 Å². The third kappa shape index (κ3) is 6.10. The molecule has 39 heavy (non-hydrogen) atoms. The van der Waals surface area contributed by atoms with Crippen LogP contribution in [0.2, 0.25) is 0 Å². The molecule has 1 saturated heterocycles. The van der Waals surface area contributed by atoms with Gasteiger partial charge in [-0.05, 0) is 58.7 Å². The standard InChI is InChI=1S/C30H31F3N6/c1-22-8-6-9-23(2)27(22)39-29(34-35-36-39)28(25-13-15-26(16-14-25)30(31,32)33)38-20-18-37(19-21-38)17-7-12-24-10-4-3-5-11-24/h3-16,28H,17-21H2,1-2H3/t28-/m0/s1. The molecule has 1 fully saturated rings. The van der Waals surface area contributed by atoms with E-state index in [0.29, 0.717) is 5.82 Å². The van der Waals surface area contributed by atoms with Crippen molar-refractivity contribution in [2.45, 2.75) is 26.1 Å². The van der Waals surface area contributed by atoms with Crippen molar-refractivity contribution in [1.82, 2.24) is 30.0 Å². The van der Waals surface area contributed by atoms with Crippen LogP contribution in [-0.2, 0) is 6.18 Å². The van der Waals surface area contributed by atoms with Crippen LogP contribution in [-0.4, -0.2) is 62.7 Å². The van der Waals surface area contributed by atoms with Crippen LogP contribution in [0.5, 0.6) is 0 Å². The van der Waals surface area contributed by atoms with Crippen molar-refractivity contribution in [3.8, 4) is 5.69 Å². The largest absolute Gasteiger partial charge is 0.416 e. The molecule has 3 aromatic carbocycles. The highest BCUT2D eigenvalue weighted by molar-refractivity contribution is 5.49. The maximum Gasteiger partial charge on any atom is 0.416 e. The molecule has 0 radical (unpaired) electrons. The van der Waals surface area contributed by atoms with Crippen LogP contribution in [0.1, 0.15) is 39.7 Å². The lowest BCUT2D eigenvalue weighted by molar-refractivity contribution is -0.137. The summed E-state index contributed by atoms with van der Waals surface area (Å²) in [6.07, 6.45) is -0.108. The van der Waals surface area contributed by atoms with Crippen molar-refractivity contribution in [2.75, 3.05) is 32.7 Å². The van der Waals surface area contributed by atoms with Gasteiger partial charge < -0.3 is 0 Å². The van der Waals surface area contributed by atoms with E-state index in [2.05, 4.69) is 49.6 Å².